The number of nitrogen functional groups attached to an aromatic ring is 1. The minimum Gasteiger partial charge on any atom is -0.398 e. The number of hydrogen-bond donors (Lipinski definition) is 2. The van der Waals surface area contributed by atoms with Gasteiger partial charge in [-0.1, -0.05) is 0 Å². The predicted octanol–water partition coefficient (Wildman–Crippen LogP) is 2.32. The summed E-state index contributed by atoms with van der Waals surface area (Å²) in [5.41, 5.74) is 6.46. The Hall–Kier alpha value is -1.88. The zero-order chi connectivity index (χ0) is 13.8. The van der Waals surface area contributed by atoms with E-state index in [1.807, 2.05) is 14.1 Å². The van der Waals surface area contributed by atoms with Crippen LogP contribution in [-0.4, -0.2) is 37.1 Å². The summed E-state index contributed by atoms with van der Waals surface area (Å²) in [6.07, 6.45) is 2.58. The molecule has 0 bridgehead atoms. The SMILES string of the molecule is CN(C)CCCNc1nccc2c(F)ccc(N)c12. The molecule has 0 unspecified atom stereocenters. The highest BCUT2D eigenvalue weighted by Gasteiger charge is 2.09. The van der Waals surface area contributed by atoms with E-state index in [4.69, 9.17) is 5.73 Å². The zero-order valence-electron chi connectivity index (χ0n) is 11.3. The molecule has 0 saturated carbocycles. The maximum absolute atomic E-state index is 13.7. The van der Waals surface area contributed by atoms with Crippen molar-refractivity contribution in [1.29, 1.82) is 0 Å². The van der Waals surface area contributed by atoms with Crippen LogP contribution in [0.1, 0.15) is 6.42 Å². The van der Waals surface area contributed by atoms with Crippen molar-refractivity contribution in [2.75, 3.05) is 38.2 Å². The van der Waals surface area contributed by atoms with Crippen LogP contribution >= 0.6 is 0 Å². The van der Waals surface area contributed by atoms with Crippen molar-refractivity contribution in [1.82, 2.24) is 9.88 Å². The first-order valence-electron chi connectivity index (χ1n) is 6.31. The molecule has 1 aromatic carbocycles. The highest BCUT2D eigenvalue weighted by molar-refractivity contribution is 6.00. The van der Waals surface area contributed by atoms with Gasteiger partial charge in [0.2, 0.25) is 0 Å². The predicted molar refractivity (Wildman–Crippen MR) is 77.8 cm³/mol. The Morgan fingerprint density at radius 2 is 2.11 bits per heavy atom. The second-order valence-electron chi connectivity index (χ2n) is 4.80. The summed E-state index contributed by atoms with van der Waals surface area (Å²) in [6.45, 7) is 1.77. The molecule has 1 heterocycles. The van der Waals surface area contributed by atoms with Gasteiger partial charge < -0.3 is 16.0 Å². The lowest BCUT2D eigenvalue weighted by molar-refractivity contribution is 0.405. The Morgan fingerprint density at radius 1 is 1.32 bits per heavy atom. The van der Waals surface area contributed by atoms with E-state index >= 15 is 0 Å². The molecular weight excluding hydrogens is 243 g/mol. The third kappa shape index (κ3) is 3.12. The molecule has 0 amide bonds. The molecule has 0 aliphatic carbocycles. The number of aromatic nitrogens is 1. The molecule has 4 nitrogen and oxygen atoms in total. The van der Waals surface area contributed by atoms with Crippen molar-refractivity contribution in [3.63, 3.8) is 0 Å². The van der Waals surface area contributed by atoms with Crippen LogP contribution < -0.4 is 11.1 Å². The van der Waals surface area contributed by atoms with Gasteiger partial charge in [-0.05, 0) is 45.3 Å². The second kappa shape index (κ2) is 5.84. The van der Waals surface area contributed by atoms with Crippen molar-refractivity contribution in [3.8, 4) is 0 Å². The Labute approximate surface area is 112 Å². The maximum Gasteiger partial charge on any atom is 0.136 e. The molecule has 0 aliphatic rings. The van der Waals surface area contributed by atoms with Crippen molar-refractivity contribution >= 4 is 22.3 Å². The first-order chi connectivity index (χ1) is 9.09. The lowest BCUT2D eigenvalue weighted by Gasteiger charge is -2.12. The van der Waals surface area contributed by atoms with E-state index in [2.05, 4.69) is 15.2 Å². The highest BCUT2D eigenvalue weighted by Crippen LogP contribution is 2.28. The number of pyridine rings is 1. The Balaban J connectivity index is 2.21. The van der Waals surface area contributed by atoms with Gasteiger partial charge in [0.15, 0.2) is 0 Å². The smallest absolute Gasteiger partial charge is 0.136 e. The molecule has 2 aromatic rings. The summed E-state index contributed by atoms with van der Waals surface area (Å²) < 4.78 is 13.7. The van der Waals surface area contributed by atoms with Crippen molar-refractivity contribution < 1.29 is 4.39 Å². The number of halogens is 1. The zero-order valence-corrected chi connectivity index (χ0v) is 11.3. The molecule has 0 fully saturated rings. The van der Waals surface area contributed by atoms with E-state index < -0.39 is 0 Å². The van der Waals surface area contributed by atoms with Crippen LogP contribution in [0, 0.1) is 5.82 Å². The quantitative estimate of drug-likeness (QED) is 0.641. The molecule has 0 aliphatic heterocycles. The lowest BCUT2D eigenvalue weighted by Crippen LogP contribution is -2.16. The van der Waals surface area contributed by atoms with Crippen LogP contribution in [0.4, 0.5) is 15.9 Å². The summed E-state index contributed by atoms with van der Waals surface area (Å²) in [4.78, 5) is 6.37. The minimum absolute atomic E-state index is 0.275. The topological polar surface area (TPSA) is 54.2 Å². The van der Waals surface area contributed by atoms with E-state index in [0.717, 1.165) is 19.5 Å². The van der Waals surface area contributed by atoms with Crippen LogP contribution in [0.5, 0.6) is 0 Å². The number of anilines is 2. The van der Waals surface area contributed by atoms with Crippen molar-refractivity contribution in [2.24, 2.45) is 0 Å². The Kier molecular flexibility index (Phi) is 4.16. The van der Waals surface area contributed by atoms with Gasteiger partial charge in [0, 0.05) is 23.8 Å². The Bertz CT molecular complexity index is 569. The average molecular weight is 262 g/mol. The maximum atomic E-state index is 13.7. The lowest BCUT2D eigenvalue weighted by atomic mass is 10.1. The van der Waals surface area contributed by atoms with Gasteiger partial charge in [-0.25, -0.2) is 9.37 Å². The van der Waals surface area contributed by atoms with E-state index in [1.165, 1.54) is 6.07 Å². The molecular formula is C14H19FN4. The summed E-state index contributed by atoms with van der Waals surface area (Å²) in [5.74, 6) is 0.371. The fourth-order valence-electron chi connectivity index (χ4n) is 2.03. The molecule has 0 saturated heterocycles. The third-order valence-corrected chi connectivity index (χ3v) is 2.98. The van der Waals surface area contributed by atoms with Gasteiger partial charge >= 0.3 is 0 Å². The van der Waals surface area contributed by atoms with Gasteiger partial charge in [0.05, 0.1) is 5.39 Å². The molecule has 0 spiro atoms. The largest absolute Gasteiger partial charge is 0.398 e. The van der Waals surface area contributed by atoms with Gasteiger partial charge in [-0.2, -0.15) is 0 Å². The molecule has 1 aromatic heterocycles. The summed E-state index contributed by atoms with van der Waals surface area (Å²) in [7, 11) is 4.06. The average Bonchev–Trinajstić information content (AvgIpc) is 2.39. The number of fused-ring (bicyclic) bond motifs is 1. The fraction of sp³-hybridized carbons (Fsp3) is 0.357. The number of nitrogens with zero attached hydrogens (tertiary/aromatic N) is 2. The molecule has 5 heteroatoms. The van der Waals surface area contributed by atoms with Gasteiger partial charge in [-0.15, -0.1) is 0 Å². The number of rotatable bonds is 5. The minimum atomic E-state index is -0.275. The highest BCUT2D eigenvalue weighted by atomic mass is 19.1. The fourth-order valence-corrected chi connectivity index (χ4v) is 2.03. The number of hydrogen-bond acceptors (Lipinski definition) is 4. The molecule has 0 radical (unpaired) electrons. The molecule has 2 rings (SSSR count). The molecule has 0 atom stereocenters. The van der Waals surface area contributed by atoms with E-state index in [1.54, 1.807) is 18.3 Å². The van der Waals surface area contributed by atoms with E-state index in [0.29, 0.717) is 22.3 Å². The van der Waals surface area contributed by atoms with Gasteiger partial charge in [0.25, 0.3) is 0 Å². The first-order valence-corrected chi connectivity index (χ1v) is 6.31. The van der Waals surface area contributed by atoms with Gasteiger partial charge in [0.1, 0.15) is 11.6 Å². The van der Waals surface area contributed by atoms with E-state index in [-0.39, 0.29) is 5.82 Å². The van der Waals surface area contributed by atoms with Crippen LogP contribution in [0.3, 0.4) is 0 Å². The standard InChI is InChI=1S/C14H19FN4/c1-19(2)9-3-7-17-14-13-10(6-8-18-14)11(15)4-5-12(13)16/h4-6,8H,3,7,9,16H2,1-2H3,(H,17,18). The summed E-state index contributed by atoms with van der Waals surface area (Å²) in [6, 6.07) is 4.60. The van der Waals surface area contributed by atoms with Crippen molar-refractivity contribution in [3.05, 3.63) is 30.2 Å². The van der Waals surface area contributed by atoms with Crippen LogP contribution in [0.15, 0.2) is 24.4 Å². The summed E-state index contributed by atoms with van der Waals surface area (Å²) >= 11 is 0. The van der Waals surface area contributed by atoms with Crippen LogP contribution in [0.25, 0.3) is 10.8 Å². The molecule has 19 heavy (non-hydrogen) atoms. The third-order valence-electron chi connectivity index (χ3n) is 2.98. The first kappa shape index (κ1) is 13.5. The normalized spacial score (nSPS) is 11.2. The molecule has 3 N–H and O–H groups in total. The monoisotopic (exact) mass is 262 g/mol. The number of benzene rings is 1. The van der Waals surface area contributed by atoms with Crippen molar-refractivity contribution in [2.45, 2.75) is 6.42 Å². The van der Waals surface area contributed by atoms with Crippen LogP contribution in [-0.2, 0) is 0 Å². The second-order valence-corrected chi connectivity index (χ2v) is 4.80. The van der Waals surface area contributed by atoms with Gasteiger partial charge in [-0.3, -0.25) is 0 Å². The number of nitrogens with two attached hydrogens (primary N) is 1. The molecule has 102 valence electrons. The van der Waals surface area contributed by atoms with E-state index in [9.17, 15) is 4.39 Å². The summed E-state index contributed by atoms with van der Waals surface area (Å²) in [5, 5.41) is 4.39. The Morgan fingerprint density at radius 3 is 2.84 bits per heavy atom. The van der Waals surface area contributed by atoms with Crippen LogP contribution in [0.2, 0.25) is 0 Å². The number of nitrogens with one attached hydrogen (secondary N) is 1.